The van der Waals surface area contributed by atoms with Gasteiger partial charge in [-0.05, 0) is 44.9 Å². The molecule has 0 radical (unpaired) electrons. The number of carbonyl (C=O) groups is 1. The third kappa shape index (κ3) is 2.25. The van der Waals surface area contributed by atoms with Gasteiger partial charge in [-0.2, -0.15) is 0 Å². The van der Waals surface area contributed by atoms with E-state index < -0.39 is 0 Å². The monoisotopic (exact) mass is 276 g/mol. The SMILES string of the molecule is CCCc1onc(C)c1C(=O)N1CCC[C@H]2CCC[C@@H]21. The Hall–Kier alpha value is -1.32. The highest BCUT2D eigenvalue weighted by molar-refractivity contribution is 5.96. The number of likely N-dealkylation sites (tertiary alicyclic amines) is 1. The molecule has 1 saturated heterocycles. The van der Waals surface area contributed by atoms with Crippen LogP contribution in [0, 0.1) is 12.8 Å². The minimum absolute atomic E-state index is 0.156. The van der Waals surface area contributed by atoms with E-state index in [4.69, 9.17) is 4.52 Å². The molecule has 2 atom stereocenters. The number of aromatic nitrogens is 1. The van der Waals surface area contributed by atoms with E-state index in [-0.39, 0.29) is 5.91 Å². The summed E-state index contributed by atoms with van der Waals surface area (Å²) in [6.45, 7) is 4.88. The van der Waals surface area contributed by atoms with Gasteiger partial charge in [0.2, 0.25) is 0 Å². The molecule has 1 aromatic heterocycles. The highest BCUT2D eigenvalue weighted by Gasteiger charge is 2.39. The zero-order valence-electron chi connectivity index (χ0n) is 12.5. The first-order chi connectivity index (χ1) is 9.72. The maximum Gasteiger partial charge on any atom is 0.259 e. The predicted octanol–water partition coefficient (Wildman–Crippen LogP) is 3.34. The van der Waals surface area contributed by atoms with Crippen LogP contribution in [0.2, 0.25) is 0 Å². The van der Waals surface area contributed by atoms with Crippen LogP contribution in [0.25, 0.3) is 0 Å². The Morgan fingerprint density at radius 1 is 1.35 bits per heavy atom. The molecule has 3 rings (SSSR count). The van der Waals surface area contributed by atoms with Crippen molar-refractivity contribution in [3.8, 4) is 0 Å². The van der Waals surface area contributed by atoms with Gasteiger partial charge in [-0.25, -0.2) is 0 Å². The van der Waals surface area contributed by atoms with E-state index in [1.807, 2.05) is 6.92 Å². The van der Waals surface area contributed by atoms with E-state index in [1.54, 1.807) is 0 Å². The fourth-order valence-corrected chi connectivity index (χ4v) is 3.94. The number of hydrogen-bond acceptors (Lipinski definition) is 3. The molecule has 1 aromatic rings. The summed E-state index contributed by atoms with van der Waals surface area (Å²) in [4.78, 5) is 15.1. The van der Waals surface area contributed by atoms with Gasteiger partial charge in [-0.15, -0.1) is 0 Å². The number of piperidine rings is 1. The van der Waals surface area contributed by atoms with Crippen molar-refractivity contribution in [3.63, 3.8) is 0 Å². The molecular formula is C16H24N2O2. The molecule has 1 saturated carbocycles. The van der Waals surface area contributed by atoms with E-state index in [9.17, 15) is 4.79 Å². The normalized spacial score (nSPS) is 25.8. The van der Waals surface area contributed by atoms with Crippen LogP contribution < -0.4 is 0 Å². The summed E-state index contributed by atoms with van der Waals surface area (Å²) in [6.07, 6.45) is 7.93. The molecule has 4 nitrogen and oxygen atoms in total. The standard InChI is InChI=1S/C16H24N2O2/c1-3-6-14-15(11(2)17-20-14)16(19)18-10-5-8-12-7-4-9-13(12)18/h12-13H,3-10H2,1-2H3/t12-,13+/m1/s1. The topological polar surface area (TPSA) is 46.3 Å². The highest BCUT2D eigenvalue weighted by atomic mass is 16.5. The van der Waals surface area contributed by atoms with Gasteiger partial charge in [0.1, 0.15) is 11.3 Å². The van der Waals surface area contributed by atoms with Gasteiger partial charge in [0.25, 0.3) is 5.91 Å². The molecule has 2 aliphatic rings. The van der Waals surface area contributed by atoms with Crippen molar-refractivity contribution < 1.29 is 9.32 Å². The fraction of sp³-hybridized carbons (Fsp3) is 0.750. The van der Waals surface area contributed by atoms with Crippen LogP contribution in [0.5, 0.6) is 0 Å². The number of carbonyl (C=O) groups excluding carboxylic acids is 1. The number of rotatable bonds is 3. The second kappa shape index (κ2) is 5.58. The van der Waals surface area contributed by atoms with Crippen molar-refractivity contribution in [2.24, 2.45) is 5.92 Å². The molecule has 1 amide bonds. The average Bonchev–Trinajstić information content (AvgIpc) is 3.05. The van der Waals surface area contributed by atoms with E-state index in [2.05, 4.69) is 17.0 Å². The van der Waals surface area contributed by atoms with Crippen LogP contribution in [-0.2, 0) is 6.42 Å². The lowest BCUT2D eigenvalue weighted by Crippen LogP contribution is -2.46. The molecule has 0 aromatic carbocycles. The Kier molecular flexibility index (Phi) is 3.81. The minimum atomic E-state index is 0.156. The van der Waals surface area contributed by atoms with Crippen LogP contribution >= 0.6 is 0 Å². The van der Waals surface area contributed by atoms with Crippen molar-refractivity contribution >= 4 is 5.91 Å². The zero-order valence-corrected chi connectivity index (χ0v) is 12.5. The molecule has 0 unspecified atom stereocenters. The van der Waals surface area contributed by atoms with Crippen LogP contribution in [-0.4, -0.2) is 28.6 Å². The summed E-state index contributed by atoms with van der Waals surface area (Å²) >= 11 is 0. The van der Waals surface area contributed by atoms with Crippen molar-refractivity contribution in [1.29, 1.82) is 0 Å². The second-order valence-corrected chi connectivity index (χ2v) is 6.22. The first-order valence-corrected chi connectivity index (χ1v) is 7.98. The van der Waals surface area contributed by atoms with E-state index in [1.165, 1.54) is 25.7 Å². The van der Waals surface area contributed by atoms with Gasteiger partial charge in [-0.3, -0.25) is 4.79 Å². The minimum Gasteiger partial charge on any atom is -0.360 e. The Balaban J connectivity index is 1.86. The van der Waals surface area contributed by atoms with Crippen molar-refractivity contribution in [2.75, 3.05) is 6.54 Å². The number of fused-ring (bicyclic) bond motifs is 1. The van der Waals surface area contributed by atoms with Crippen molar-refractivity contribution in [2.45, 2.75) is 64.8 Å². The predicted molar refractivity (Wildman–Crippen MR) is 76.6 cm³/mol. The summed E-state index contributed by atoms with van der Waals surface area (Å²) in [7, 11) is 0. The Morgan fingerprint density at radius 2 is 2.15 bits per heavy atom. The summed E-state index contributed by atoms with van der Waals surface area (Å²) in [5.74, 6) is 1.65. The molecule has 20 heavy (non-hydrogen) atoms. The van der Waals surface area contributed by atoms with Crippen molar-refractivity contribution in [1.82, 2.24) is 10.1 Å². The lowest BCUT2D eigenvalue weighted by molar-refractivity contribution is 0.0545. The summed E-state index contributed by atoms with van der Waals surface area (Å²) < 4.78 is 5.36. The molecule has 1 aliphatic carbocycles. The molecule has 0 N–H and O–H groups in total. The average molecular weight is 276 g/mol. The largest absolute Gasteiger partial charge is 0.360 e. The van der Waals surface area contributed by atoms with Crippen LogP contribution in [0.4, 0.5) is 0 Å². The first kappa shape index (κ1) is 13.7. The number of amides is 1. The maximum absolute atomic E-state index is 12.9. The first-order valence-electron chi connectivity index (χ1n) is 7.98. The van der Waals surface area contributed by atoms with Crippen LogP contribution in [0.15, 0.2) is 4.52 Å². The van der Waals surface area contributed by atoms with Gasteiger partial charge < -0.3 is 9.42 Å². The number of nitrogens with zero attached hydrogens (tertiary/aromatic N) is 2. The smallest absolute Gasteiger partial charge is 0.259 e. The van der Waals surface area contributed by atoms with Crippen LogP contribution in [0.3, 0.4) is 0 Å². The maximum atomic E-state index is 12.9. The van der Waals surface area contributed by atoms with Crippen molar-refractivity contribution in [3.05, 3.63) is 17.0 Å². The van der Waals surface area contributed by atoms with Gasteiger partial charge in [0.15, 0.2) is 0 Å². The van der Waals surface area contributed by atoms with Gasteiger partial charge >= 0.3 is 0 Å². The molecule has 1 aliphatic heterocycles. The highest BCUT2D eigenvalue weighted by Crippen LogP contribution is 2.37. The lowest BCUT2D eigenvalue weighted by atomic mass is 9.91. The molecule has 110 valence electrons. The van der Waals surface area contributed by atoms with Crippen LogP contribution in [0.1, 0.15) is 67.3 Å². The molecule has 2 heterocycles. The van der Waals surface area contributed by atoms with Gasteiger partial charge in [-0.1, -0.05) is 18.5 Å². The summed E-state index contributed by atoms with van der Waals surface area (Å²) in [5.41, 5.74) is 1.48. The third-order valence-corrected chi connectivity index (χ3v) is 4.88. The molecule has 0 spiro atoms. The zero-order chi connectivity index (χ0) is 14.1. The van der Waals surface area contributed by atoms with Gasteiger partial charge in [0.05, 0.1) is 5.69 Å². The van der Waals surface area contributed by atoms with Gasteiger partial charge in [0, 0.05) is 19.0 Å². The van der Waals surface area contributed by atoms with E-state index in [0.29, 0.717) is 6.04 Å². The fourth-order valence-electron chi connectivity index (χ4n) is 3.94. The summed E-state index contributed by atoms with van der Waals surface area (Å²) in [6, 6.07) is 0.458. The molecule has 0 bridgehead atoms. The lowest BCUT2D eigenvalue weighted by Gasteiger charge is -2.37. The third-order valence-electron chi connectivity index (χ3n) is 4.88. The van der Waals surface area contributed by atoms with E-state index >= 15 is 0 Å². The number of hydrogen-bond donors (Lipinski definition) is 0. The Labute approximate surface area is 120 Å². The Bertz CT molecular complexity index is 495. The molecule has 2 fully saturated rings. The number of aryl methyl sites for hydroxylation is 2. The van der Waals surface area contributed by atoms with E-state index in [0.717, 1.165) is 48.7 Å². The summed E-state index contributed by atoms with van der Waals surface area (Å²) in [5, 5.41) is 4.01. The second-order valence-electron chi connectivity index (χ2n) is 6.22. The molecule has 4 heteroatoms. The quantitative estimate of drug-likeness (QED) is 0.850. The molecular weight excluding hydrogens is 252 g/mol. The Morgan fingerprint density at radius 3 is 2.95 bits per heavy atom.